The largest absolute Gasteiger partial charge is 0.369 e. The Morgan fingerprint density at radius 3 is 3.05 bits per heavy atom. The van der Waals surface area contributed by atoms with Crippen molar-refractivity contribution in [3.63, 3.8) is 0 Å². The molecule has 0 fully saturated rings. The van der Waals surface area contributed by atoms with Gasteiger partial charge in [-0.2, -0.15) is 0 Å². The monoisotopic (exact) mass is 272 g/mol. The summed E-state index contributed by atoms with van der Waals surface area (Å²) in [6.07, 6.45) is 4.21. The molecule has 0 amide bonds. The van der Waals surface area contributed by atoms with Crippen molar-refractivity contribution in [2.45, 2.75) is 19.8 Å². The Hall–Kier alpha value is -1.88. The van der Waals surface area contributed by atoms with E-state index in [-0.39, 0.29) is 0 Å². The number of anilines is 1. The average Bonchev–Trinajstić information content (AvgIpc) is 3.07. The number of thiophene rings is 1. The van der Waals surface area contributed by atoms with Crippen molar-refractivity contribution in [1.29, 1.82) is 0 Å². The molecule has 1 N–H and O–H groups in total. The summed E-state index contributed by atoms with van der Waals surface area (Å²) in [4.78, 5) is 5.58. The molecule has 0 aliphatic carbocycles. The molecule has 0 atom stereocenters. The fourth-order valence-electron chi connectivity index (χ4n) is 1.95. The highest BCUT2D eigenvalue weighted by atomic mass is 32.1. The number of hydrogen-bond acceptors (Lipinski definition) is 4. The Kier molecular flexibility index (Phi) is 3.46. The van der Waals surface area contributed by atoms with Gasteiger partial charge in [-0.05, 0) is 30.0 Å². The molecule has 0 unspecified atom stereocenters. The van der Waals surface area contributed by atoms with Gasteiger partial charge in [0, 0.05) is 6.54 Å². The SMILES string of the molecule is CCCCNc1ccc2ncc(-c3cccs3)n2n1. The molecular formula is C14H16N4S. The number of rotatable bonds is 5. The predicted octanol–water partition coefficient (Wildman–Crippen LogP) is 3.67. The Morgan fingerprint density at radius 1 is 1.32 bits per heavy atom. The van der Waals surface area contributed by atoms with Gasteiger partial charge in [0.25, 0.3) is 0 Å². The van der Waals surface area contributed by atoms with Crippen molar-refractivity contribution in [2.75, 3.05) is 11.9 Å². The Morgan fingerprint density at radius 2 is 2.26 bits per heavy atom. The van der Waals surface area contributed by atoms with Gasteiger partial charge in [-0.15, -0.1) is 16.4 Å². The third-order valence-electron chi connectivity index (χ3n) is 2.97. The zero-order valence-electron chi connectivity index (χ0n) is 10.8. The molecule has 4 nitrogen and oxygen atoms in total. The first-order chi connectivity index (χ1) is 9.38. The zero-order chi connectivity index (χ0) is 13.1. The minimum absolute atomic E-state index is 0.879. The van der Waals surface area contributed by atoms with Crippen LogP contribution < -0.4 is 5.32 Å². The maximum absolute atomic E-state index is 4.61. The summed E-state index contributed by atoms with van der Waals surface area (Å²) in [6, 6.07) is 8.12. The highest BCUT2D eigenvalue weighted by Gasteiger charge is 2.08. The number of nitrogens with one attached hydrogen (secondary N) is 1. The van der Waals surface area contributed by atoms with Crippen LogP contribution in [0.3, 0.4) is 0 Å². The molecule has 3 aromatic heterocycles. The molecule has 3 heterocycles. The molecule has 5 heteroatoms. The van der Waals surface area contributed by atoms with Crippen LogP contribution in [0, 0.1) is 0 Å². The second-order valence-electron chi connectivity index (χ2n) is 4.39. The molecule has 0 aliphatic heterocycles. The van der Waals surface area contributed by atoms with Gasteiger partial charge >= 0.3 is 0 Å². The van der Waals surface area contributed by atoms with Crippen molar-refractivity contribution in [2.24, 2.45) is 0 Å². The van der Waals surface area contributed by atoms with Crippen LogP contribution in [0.2, 0.25) is 0 Å². The lowest BCUT2D eigenvalue weighted by molar-refractivity contribution is 0.823. The summed E-state index contributed by atoms with van der Waals surface area (Å²) < 4.78 is 1.90. The van der Waals surface area contributed by atoms with Crippen molar-refractivity contribution >= 4 is 22.8 Å². The summed E-state index contributed by atoms with van der Waals surface area (Å²) in [7, 11) is 0. The van der Waals surface area contributed by atoms with E-state index in [4.69, 9.17) is 0 Å². The number of fused-ring (bicyclic) bond motifs is 1. The van der Waals surface area contributed by atoms with Crippen LogP contribution in [0.1, 0.15) is 19.8 Å². The molecule has 0 spiro atoms. The van der Waals surface area contributed by atoms with E-state index in [1.54, 1.807) is 11.3 Å². The van der Waals surface area contributed by atoms with Crippen LogP contribution in [-0.4, -0.2) is 21.1 Å². The first-order valence-corrected chi connectivity index (χ1v) is 7.39. The van der Waals surface area contributed by atoms with Crippen LogP contribution in [0.5, 0.6) is 0 Å². The molecule has 19 heavy (non-hydrogen) atoms. The average molecular weight is 272 g/mol. The topological polar surface area (TPSA) is 42.2 Å². The second-order valence-corrected chi connectivity index (χ2v) is 5.34. The molecule has 3 aromatic rings. The lowest BCUT2D eigenvalue weighted by Gasteiger charge is -2.05. The van der Waals surface area contributed by atoms with Crippen LogP contribution >= 0.6 is 11.3 Å². The molecule has 0 bridgehead atoms. The summed E-state index contributed by atoms with van der Waals surface area (Å²) in [5.41, 5.74) is 1.92. The maximum atomic E-state index is 4.61. The van der Waals surface area contributed by atoms with Gasteiger partial charge in [-0.25, -0.2) is 9.50 Å². The van der Waals surface area contributed by atoms with Crippen molar-refractivity contribution < 1.29 is 0 Å². The number of nitrogens with zero attached hydrogens (tertiary/aromatic N) is 3. The molecule has 0 saturated heterocycles. The first-order valence-electron chi connectivity index (χ1n) is 6.51. The van der Waals surface area contributed by atoms with Gasteiger partial charge in [0.2, 0.25) is 0 Å². The standard InChI is InChI=1S/C14H16N4S/c1-2-3-8-15-13-6-7-14-16-10-11(18(14)17-13)12-5-4-9-19-12/h4-7,9-10H,2-3,8H2,1H3,(H,15,17). The molecular weight excluding hydrogens is 256 g/mol. The lowest BCUT2D eigenvalue weighted by atomic mass is 10.3. The minimum atomic E-state index is 0.879. The van der Waals surface area contributed by atoms with Gasteiger partial charge < -0.3 is 5.32 Å². The zero-order valence-corrected chi connectivity index (χ0v) is 11.7. The first kappa shape index (κ1) is 12.2. The summed E-state index contributed by atoms with van der Waals surface area (Å²) >= 11 is 1.70. The van der Waals surface area contributed by atoms with Crippen LogP contribution in [-0.2, 0) is 0 Å². The third-order valence-corrected chi connectivity index (χ3v) is 3.86. The Bertz CT molecular complexity index is 657. The number of imidazole rings is 1. The van der Waals surface area contributed by atoms with Crippen LogP contribution in [0.15, 0.2) is 35.8 Å². The fourth-order valence-corrected chi connectivity index (χ4v) is 2.67. The number of aromatic nitrogens is 3. The second kappa shape index (κ2) is 5.40. The summed E-state index contributed by atoms with van der Waals surface area (Å²) in [5.74, 6) is 0.900. The van der Waals surface area contributed by atoms with E-state index in [1.165, 1.54) is 11.3 Å². The Balaban J connectivity index is 1.94. The lowest BCUT2D eigenvalue weighted by Crippen LogP contribution is -2.05. The van der Waals surface area contributed by atoms with Gasteiger partial charge in [0.1, 0.15) is 11.5 Å². The van der Waals surface area contributed by atoms with Crippen molar-refractivity contribution in [3.05, 3.63) is 35.8 Å². The Labute approximate surface area is 116 Å². The molecule has 0 saturated carbocycles. The van der Waals surface area contributed by atoms with E-state index < -0.39 is 0 Å². The van der Waals surface area contributed by atoms with Crippen molar-refractivity contribution in [3.8, 4) is 10.6 Å². The summed E-state index contributed by atoms with van der Waals surface area (Å²) in [5, 5.41) is 10.0. The normalized spacial score (nSPS) is 11.0. The third kappa shape index (κ3) is 2.46. The van der Waals surface area contributed by atoms with Gasteiger partial charge in [-0.1, -0.05) is 19.4 Å². The van der Waals surface area contributed by atoms with E-state index >= 15 is 0 Å². The van der Waals surface area contributed by atoms with E-state index in [2.05, 4.69) is 33.8 Å². The van der Waals surface area contributed by atoms with E-state index in [1.807, 2.05) is 28.9 Å². The molecule has 0 aliphatic rings. The highest BCUT2D eigenvalue weighted by Crippen LogP contribution is 2.25. The minimum Gasteiger partial charge on any atom is -0.369 e. The highest BCUT2D eigenvalue weighted by molar-refractivity contribution is 7.13. The molecule has 0 aromatic carbocycles. The summed E-state index contributed by atoms with van der Waals surface area (Å²) in [6.45, 7) is 3.14. The molecule has 98 valence electrons. The number of hydrogen-bond donors (Lipinski definition) is 1. The molecule has 0 radical (unpaired) electrons. The van der Waals surface area contributed by atoms with Crippen LogP contribution in [0.25, 0.3) is 16.2 Å². The molecule has 3 rings (SSSR count). The van der Waals surface area contributed by atoms with E-state index in [0.29, 0.717) is 0 Å². The van der Waals surface area contributed by atoms with Crippen LogP contribution in [0.4, 0.5) is 5.82 Å². The maximum Gasteiger partial charge on any atom is 0.154 e. The fraction of sp³-hybridized carbons (Fsp3) is 0.286. The predicted molar refractivity (Wildman–Crippen MR) is 79.7 cm³/mol. The van der Waals surface area contributed by atoms with E-state index in [9.17, 15) is 0 Å². The van der Waals surface area contributed by atoms with Crippen molar-refractivity contribution in [1.82, 2.24) is 14.6 Å². The quantitative estimate of drug-likeness (QED) is 0.721. The smallest absolute Gasteiger partial charge is 0.154 e. The van der Waals surface area contributed by atoms with Gasteiger partial charge in [-0.3, -0.25) is 0 Å². The van der Waals surface area contributed by atoms with Gasteiger partial charge in [0.05, 0.1) is 11.1 Å². The number of unbranched alkanes of at least 4 members (excludes halogenated alkanes) is 1. The van der Waals surface area contributed by atoms with Gasteiger partial charge in [0.15, 0.2) is 5.65 Å². The van der Waals surface area contributed by atoms with E-state index in [0.717, 1.165) is 30.1 Å².